The van der Waals surface area contributed by atoms with Crippen LogP contribution in [0.5, 0.6) is 5.75 Å². The van der Waals surface area contributed by atoms with Crippen molar-refractivity contribution in [2.75, 3.05) is 0 Å². The van der Waals surface area contributed by atoms with E-state index in [1.54, 1.807) is 66.1 Å². The van der Waals surface area contributed by atoms with Crippen molar-refractivity contribution in [3.05, 3.63) is 167 Å². The van der Waals surface area contributed by atoms with Crippen molar-refractivity contribution < 1.29 is 44.0 Å². The third-order valence-corrected chi connectivity index (χ3v) is 9.81. The first-order valence-corrected chi connectivity index (χ1v) is 17.9. The minimum Gasteiger partial charge on any atom is -0.507 e. The predicted octanol–water partition coefficient (Wildman–Crippen LogP) is 13.1. The number of hydrogen-bond acceptors (Lipinski definition) is 3. The van der Waals surface area contributed by atoms with Crippen LogP contribution < -0.4 is 0 Å². The molecule has 0 spiro atoms. The molecule has 0 aliphatic carbocycles. The van der Waals surface area contributed by atoms with Gasteiger partial charge in [-0.15, -0.1) is 29.3 Å². The number of rotatable bonds is 6. The largest absolute Gasteiger partial charge is 0.507 e. The van der Waals surface area contributed by atoms with E-state index in [2.05, 4.69) is 11.1 Å². The zero-order valence-corrected chi connectivity index (χ0v) is 33.7. The Labute approximate surface area is 363 Å². The van der Waals surface area contributed by atoms with E-state index in [4.69, 9.17) is 22.8 Å². The van der Waals surface area contributed by atoms with Gasteiger partial charge in [0.05, 0.1) is 22.1 Å². The van der Waals surface area contributed by atoms with Crippen molar-refractivity contribution in [3.8, 4) is 67.5 Å². The maximum Gasteiger partial charge on any atom is 0.148 e. The van der Waals surface area contributed by atoms with Crippen LogP contribution >= 0.6 is 0 Å². The van der Waals surface area contributed by atoms with Gasteiger partial charge in [0.15, 0.2) is 0 Å². The monoisotopic (exact) mass is 924 g/mol. The smallest absolute Gasteiger partial charge is 0.148 e. The summed E-state index contributed by atoms with van der Waals surface area (Å²) >= 11 is 0. The van der Waals surface area contributed by atoms with Gasteiger partial charge in [0, 0.05) is 51.0 Å². The van der Waals surface area contributed by atoms with E-state index in [0.29, 0.717) is 55.8 Å². The van der Waals surface area contributed by atoms with Crippen molar-refractivity contribution in [1.29, 1.82) is 0 Å². The average Bonchev–Trinajstić information content (AvgIpc) is 3.65. The van der Waals surface area contributed by atoms with E-state index in [0.717, 1.165) is 11.1 Å². The van der Waals surface area contributed by atoms with Crippen LogP contribution in [0.3, 0.4) is 0 Å². The first-order chi connectivity index (χ1) is 31.7. The van der Waals surface area contributed by atoms with E-state index in [-0.39, 0.29) is 60.5 Å². The zero-order chi connectivity index (χ0) is 49.6. The molecule has 0 bridgehead atoms. The number of benzene rings is 6. The molecule has 2 aromatic heterocycles. The molecule has 2 heterocycles. The molecule has 0 saturated carbocycles. The Morgan fingerprint density at radius 3 is 2.21 bits per heavy atom. The van der Waals surface area contributed by atoms with Gasteiger partial charge in [-0.2, -0.15) is 0 Å². The second-order valence-electron chi connectivity index (χ2n) is 14.8. The third kappa shape index (κ3) is 7.27. The summed E-state index contributed by atoms with van der Waals surface area (Å²) in [6.45, 7) is 1.27. The topological polar surface area (TPSA) is 50.9 Å². The Kier molecular flexibility index (Phi) is 6.92. The Balaban J connectivity index is 0.00000703. The summed E-state index contributed by atoms with van der Waals surface area (Å²) in [4.78, 5) is 9.91. The van der Waals surface area contributed by atoms with E-state index < -0.39 is 55.7 Å². The molecule has 5 heteroatoms. The molecule has 0 atom stereocenters. The molecule has 0 aliphatic heterocycles. The molecule has 4 nitrogen and oxygen atoms in total. The van der Waals surface area contributed by atoms with Gasteiger partial charge in [0.25, 0.3) is 0 Å². The third-order valence-electron chi connectivity index (χ3n) is 9.81. The Morgan fingerprint density at radius 1 is 0.696 bits per heavy atom. The number of phenolic OH excluding ortho intramolecular Hbond substituents is 1. The minimum absolute atomic E-state index is 0. The Hall–Kier alpha value is -5.57. The molecule has 8 aromatic rings. The van der Waals surface area contributed by atoms with Crippen LogP contribution in [0.25, 0.3) is 72.7 Å². The molecular weight excluding hydrogens is 866 g/mol. The van der Waals surface area contributed by atoms with Crippen LogP contribution in [0.15, 0.2) is 127 Å². The summed E-state index contributed by atoms with van der Waals surface area (Å²) in [6.07, 6.45) is 1.48. The number of imidazole rings is 1. The summed E-state index contributed by atoms with van der Waals surface area (Å²) < 4.78 is 112. The molecular formula is C51H46N3OPt-. The van der Waals surface area contributed by atoms with Crippen LogP contribution in [-0.4, -0.2) is 19.6 Å². The number of para-hydroxylation sites is 1. The average molecular weight is 925 g/mol. The molecule has 0 saturated heterocycles. The van der Waals surface area contributed by atoms with Gasteiger partial charge in [-0.25, -0.2) is 4.98 Å². The van der Waals surface area contributed by atoms with Crippen LogP contribution in [0.4, 0.5) is 0 Å². The second kappa shape index (κ2) is 15.2. The Morgan fingerprint density at radius 2 is 1.48 bits per heavy atom. The summed E-state index contributed by atoms with van der Waals surface area (Å²) in [5.74, 6) is 0.219. The van der Waals surface area contributed by atoms with Gasteiger partial charge in [-0.3, -0.25) is 9.55 Å². The standard InChI is InChI=1S/C51H46N3O.Pt/c1-31-17-19-36(20-18-31)38-21-22-52-46(29-38)40-26-39(27-41(28-40)51(6,7)8)43-15-12-16-47-48(43)53-50(45-24-32(2)23-34(4)49(45)55)54(47)42-25-33(3)35(5)44(30-42)37-13-10-9-11-14-37;/h9-25,27-30,55H,1-8H3;/q-1;/i1D3,3D3,5D3,17D,18D,19D,20D;. The zero-order valence-electron chi connectivity index (χ0n) is 44.4. The van der Waals surface area contributed by atoms with Crippen molar-refractivity contribution in [3.63, 3.8) is 0 Å². The number of fused-ring (bicyclic) bond motifs is 1. The number of pyridine rings is 1. The second-order valence-corrected chi connectivity index (χ2v) is 14.8. The minimum atomic E-state index is -2.87. The van der Waals surface area contributed by atoms with Crippen LogP contribution in [0.2, 0.25) is 0 Å². The number of phenols is 1. The van der Waals surface area contributed by atoms with Gasteiger partial charge in [-0.05, 0) is 115 Å². The van der Waals surface area contributed by atoms with Crippen LogP contribution in [0, 0.1) is 40.5 Å². The quantitative estimate of drug-likeness (QED) is 0.169. The van der Waals surface area contributed by atoms with E-state index in [9.17, 15) is 5.11 Å². The molecule has 6 aromatic carbocycles. The van der Waals surface area contributed by atoms with Crippen molar-refractivity contribution >= 4 is 11.0 Å². The molecule has 0 fully saturated rings. The summed E-state index contributed by atoms with van der Waals surface area (Å²) in [6, 6.07) is 29.2. The summed E-state index contributed by atoms with van der Waals surface area (Å²) in [5, 5.41) is 11.7. The molecule has 8 rings (SSSR count). The van der Waals surface area contributed by atoms with E-state index in [1.807, 2.05) is 64.1 Å². The van der Waals surface area contributed by atoms with Gasteiger partial charge >= 0.3 is 0 Å². The number of aromatic hydroxyl groups is 1. The molecule has 282 valence electrons. The fourth-order valence-electron chi connectivity index (χ4n) is 6.97. The Bertz CT molecular complexity index is 3290. The normalized spacial score (nSPS) is 15.6. The maximum absolute atomic E-state index is 11.7. The van der Waals surface area contributed by atoms with Crippen molar-refractivity contribution in [2.45, 2.75) is 60.6 Å². The van der Waals surface area contributed by atoms with Gasteiger partial charge < -0.3 is 5.11 Å². The first kappa shape index (κ1) is 25.6. The van der Waals surface area contributed by atoms with Crippen molar-refractivity contribution in [1.82, 2.24) is 14.5 Å². The molecule has 1 N–H and O–H groups in total. The SMILES string of the molecule is [2H]c1c([2H])c(C([2H])([2H])[2H])c([2H])c([2H])c1-c1ccnc(-c2[c-]c(-c3cccc4c3nc(-c3cc(C)cc(C)c3O)n4-c3cc(-c4ccccc4)c(C([2H])([2H])[2H])c(C([2H])([2H])[2H])c3)cc(C(C)(C)C)c2)c1.[Pt]. The van der Waals surface area contributed by atoms with Gasteiger partial charge in [0.1, 0.15) is 11.6 Å². The fourth-order valence-corrected chi connectivity index (χ4v) is 6.97. The van der Waals surface area contributed by atoms with Crippen molar-refractivity contribution in [2.24, 2.45) is 0 Å². The molecule has 0 unspecified atom stereocenters. The molecule has 0 aliphatic rings. The number of aromatic nitrogens is 3. The van der Waals surface area contributed by atoms with Crippen LogP contribution in [-0.2, 0) is 26.5 Å². The predicted molar refractivity (Wildman–Crippen MR) is 229 cm³/mol. The van der Waals surface area contributed by atoms with E-state index in [1.165, 1.54) is 12.3 Å². The number of aryl methyl sites for hydroxylation is 3. The number of nitrogens with zero attached hydrogens (tertiary/aromatic N) is 3. The van der Waals surface area contributed by atoms with E-state index >= 15 is 0 Å². The fraction of sp³-hybridized carbons (Fsp3) is 0.176. The summed E-state index contributed by atoms with van der Waals surface area (Å²) in [5.41, 5.74) is 5.15. The maximum atomic E-state index is 11.7. The number of hydrogen-bond donors (Lipinski definition) is 1. The summed E-state index contributed by atoms with van der Waals surface area (Å²) in [7, 11) is 0. The molecule has 0 radical (unpaired) electrons. The molecule has 56 heavy (non-hydrogen) atoms. The van der Waals surface area contributed by atoms with Gasteiger partial charge in [0.2, 0.25) is 0 Å². The first-order valence-electron chi connectivity index (χ1n) is 24.4. The van der Waals surface area contributed by atoms with Crippen LogP contribution in [0.1, 0.15) is 72.0 Å². The molecule has 0 amide bonds. The van der Waals surface area contributed by atoms with Gasteiger partial charge in [-0.1, -0.05) is 116 Å².